The molecule has 0 amide bonds. The van der Waals surface area contributed by atoms with Crippen LogP contribution in [0.1, 0.15) is 50.7 Å². The van der Waals surface area contributed by atoms with E-state index in [0.717, 1.165) is 0 Å². The lowest BCUT2D eigenvalue weighted by Gasteiger charge is -2.18. The van der Waals surface area contributed by atoms with Gasteiger partial charge in [-0.15, -0.1) is 0 Å². The highest BCUT2D eigenvalue weighted by Gasteiger charge is 2.11. The first-order valence-corrected chi connectivity index (χ1v) is 5.38. The molecule has 1 rings (SSSR count). The molecule has 0 unspecified atom stereocenters. The third-order valence-corrected chi connectivity index (χ3v) is 2.62. The van der Waals surface area contributed by atoms with E-state index in [0.29, 0.717) is 11.8 Å². The summed E-state index contributed by atoms with van der Waals surface area (Å²) in [4.78, 5) is 0. The molecule has 1 aromatic carbocycles. The Morgan fingerprint density at radius 2 is 1.36 bits per heavy atom. The number of anilines is 1. The average molecular weight is 191 g/mol. The molecule has 0 bridgehead atoms. The Balaban J connectivity index is 3.25. The van der Waals surface area contributed by atoms with Crippen LogP contribution in [0.4, 0.5) is 5.69 Å². The highest BCUT2D eigenvalue weighted by molar-refractivity contribution is 5.59. The molecule has 0 fully saturated rings. The van der Waals surface area contributed by atoms with Crippen molar-refractivity contribution in [2.24, 2.45) is 0 Å². The van der Waals surface area contributed by atoms with E-state index in [9.17, 15) is 0 Å². The first-order valence-electron chi connectivity index (χ1n) is 5.38. The normalized spacial score (nSPS) is 11.1. The number of nitrogens with one attached hydrogen (secondary N) is 1. The van der Waals surface area contributed by atoms with E-state index >= 15 is 0 Å². The molecule has 0 aromatic heterocycles. The molecule has 0 aliphatic rings. The summed E-state index contributed by atoms with van der Waals surface area (Å²) >= 11 is 0. The zero-order valence-electron chi connectivity index (χ0n) is 9.89. The quantitative estimate of drug-likeness (QED) is 0.762. The molecule has 0 spiro atoms. The Morgan fingerprint density at radius 1 is 0.929 bits per heavy atom. The van der Waals surface area contributed by atoms with E-state index in [-0.39, 0.29) is 0 Å². The number of hydrogen-bond donors (Lipinski definition) is 1. The van der Waals surface area contributed by atoms with Gasteiger partial charge >= 0.3 is 0 Å². The minimum absolute atomic E-state index is 0.580. The van der Waals surface area contributed by atoms with E-state index in [2.05, 4.69) is 51.2 Å². The standard InChI is InChI=1S/C13H21N/c1-9(2)11-7-6-8-12(10(3)4)13(11)14-5/h6-10,14H,1-5H3. The van der Waals surface area contributed by atoms with Crippen molar-refractivity contribution in [1.29, 1.82) is 0 Å². The van der Waals surface area contributed by atoms with Gasteiger partial charge in [-0.25, -0.2) is 0 Å². The van der Waals surface area contributed by atoms with Crippen molar-refractivity contribution in [1.82, 2.24) is 0 Å². The van der Waals surface area contributed by atoms with E-state index in [4.69, 9.17) is 0 Å². The van der Waals surface area contributed by atoms with E-state index in [1.165, 1.54) is 16.8 Å². The Labute approximate surface area is 87.5 Å². The third-order valence-electron chi connectivity index (χ3n) is 2.62. The minimum Gasteiger partial charge on any atom is -0.388 e. The fourth-order valence-corrected chi connectivity index (χ4v) is 1.84. The summed E-state index contributed by atoms with van der Waals surface area (Å²) in [5, 5.41) is 3.33. The maximum absolute atomic E-state index is 3.33. The molecule has 0 heterocycles. The SMILES string of the molecule is CNc1c(C(C)C)cccc1C(C)C. The third kappa shape index (κ3) is 2.09. The first-order chi connectivity index (χ1) is 6.57. The van der Waals surface area contributed by atoms with Gasteiger partial charge in [0.1, 0.15) is 0 Å². The second kappa shape index (κ2) is 4.50. The smallest absolute Gasteiger partial charge is 0.0407 e. The Morgan fingerprint density at radius 3 is 1.64 bits per heavy atom. The van der Waals surface area contributed by atoms with Crippen LogP contribution in [0.25, 0.3) is 0 Å². The molecule has 0 aliphatic heterocycles. The van der Waals surface area contributed by atoms with Crippen molar-refractivity contribution in [3.8, 4) is 0 Å². The monoisotopic (exact) mass is 191 g/mol. The Bertz CT molecular complexity index is 274. The summed E-state index contributed by atoms with van der Waals surface area (Å²) < 4.78 is 0. The van der Waals surface area contributed by atoms with Crippen molar-refractivity contribution in [2.75, 3.05) is 12.4 Å². The van der Waals surface area contributed by atoms with Gasteiger partial charge in [0.2, 0.25) is 0 Å². The van der Waals surface area contributed by atoms with Gasteiger partial charge in [0.25, 0.3) is 0 Å². The fraction of sp³-hybridized carbons (Fsp3) is 0.538. The molecular weight excluding hydrogens is 170 g/mol. The summed E-state index contributed by atoms with van der Waals surface area (Å²) in [7, 11) is 2.01. The van der Waals surface area contributed by atoms with E-state index in [1.54, 1.807) is 0 Å². The Kier molecular flexibility index (Phi) is 3.56. The maximum atomic E-state index is 3.33. The van der Waals surface area contributed by atoms with Gasteiger partial charge < -0.3 is 5.32 Å². The largest absolute Gasteiger partial charge is 0.388 e. The lowest BCUT2D eigenvalue weighted by Crippen LogP contribution is -2.03. The average Bonchev–Trinajstić information content (AvgIpc) is 2.16. The molecule has 1 aromatic rings. The van der Waals surface area contributed by atoms with Gasteiger partial charge in [0.05, 0.1) is 0 Å². The van der Waals surface area contributed by atoms with Gasteiger partial charge in [0.15, 0.2) is 0 Å². The highest BCUT2D eigenvalue weighted by atomic mass is 14.8. The van der Waals surface area contributed by atoms with Gasteiger partial charge in [-0.3, -0.25) is 0 Å². The topological polar surface area (TPSA) is 12.0 Å². The lowest BCUT2D eigenvalue weighted by atomic mass is 9.93. The van der Waals surface area contributed by atoms with Crippen molar-refractivity contribution < 1.29 is 0 Å². The first kappa shape index (κ1) is 11.1. The molecule has 0 aliphatic carbocycles. The summed E-state index contributed by atoms with van der Waals surface area (Å²) in [5.41, 5.74) is 4.15. The maximum Gasteiger partial charge on any atom is 0.0407 e. The van der Waals surface area contributed by atoms with Crippen LogP contribution >= 0.6 is 0 Å². The van der Waals surface area contributed by atoms with Crippen molar-refractivity contribution in [3.05, 3.63) is 29.3 Å². The number of hydrogen-bond acceptors (Lipinski definition) is 1. The summed E-state index contributed by atoms with van der Waals surface area (Å²) in [6.45, 7) is 8.95. The molecule has 0 saturated carbocycles. The van der Waals surface area contributed by atoms with Crippen LogP contribution in [0.3, 0.4) is 0 Å². The van der Waals surface area contributed by atoms with Crippen LogP contribution < -0.4 is 5.32 Å². The van der Waals surface area contributed by atoms with Crippen molar-refractivity contribution >= 4 is 5.69 Å². The van der Waals surface area contributed by atoms with E-state index in [1.807, 2.05) is 7.05 Å². The van der Waals surface area contributed by atoms with Gasteiger partial charge in [-0.1, -0.05) is 45.9 Å². The summed E-state index contributed by atoms with van der Waals surface area (Å²) in [6, 6.07) is 6.58. The highest BCUT2D eigenvalue weighted by Crippen LogP contribution is 2.31. The van der Waals surface area contributed by atoms with Crippen LogP contribution in [0.2, 0.25) is 0 Å². The minimum atomic E-state index is 0.580. The summed E-state index contributed by atoms with van der Waals surface area (Å²) in [6.07, 6.45) is 0. The van der Waals surface area contributed by atoms with Crippen LogP contribution in [0.15, 0.2) is 18.2 Å². The molecule has 0 atom stereocenters. The predicted molar refractivity (Wildman–Crippen MR) is 64.2 cm³/mol. The second-order valence-corrected chi connectivity index (χ2v) is 4.37. The fourth-order valence-electron chi connectivity index (χ4n) is 1.84. The zero-order chi connectivity index (χ0) is 10.7. The van der Waals surface area contributed by atoms with Crippen molar-refractivity contribution in [3.63, 3.8) is 0 Å². The second-order valence-electron chi connectivity index (χ2n) is 4.37. The zero-order valence-corrected chi connectivity index (χ0v) is 9.89. The Hall–Kier alpha value is -0.980. The van der Waals surface area contributed by atoms with Crippen LogP contribution in [0, 0.1) is 0 Å². The van der Waals surface area contributed by atoms with Gasteiger partial charge in [-0.05, 0) is 23.0 Å². The number of benzene rings is 1. The molecular formula is C13H21N. The van der Waals surface area contributed by atoms with Crippen LogP contribution in [-0.2, 0) is 0 Å². The molecule has 0 radical (unpaired) electrons. The van der Waals surface area contributed by atoms with Gasteiger partial charge in [0, 0.05) is 12.7 Å². The molecule has 0 saturated heterocycles. The predicted octanol–water partition coefficient (Wildman–Crippen LogP) is 3.98. The lowest BCUT2D eigenvalue weighted by molar-refractivity contribution is 0.837. The molecule has 1 N–H and O–H groups in total. The summed E-state index contributed by atoms with van der Waals surface area (Å²) in [5.74, 6) is 1.16. The van der Waals surface area contributed by atoms with Crippen LogP contribution in [0.5, 0.6) is 0 Å². The molecule has 1 nitrogen and oxygen atoms in total. The molecule has 14 heavy (non-hydrogen) atoms. The van der Waals surface area contributed by atoms with E-state index < -0.39 is 0 Å². The number of rotatable bonds is 3. The molecule has 1 heteroatoms. The number of para-hydroxylation sites is 1. The molecule has 78 valence electrons. The van der Waals surface area contributed by atoms with Crippen molar-refractivity contribution in [2.45, 2.75) is 39.5 Å². The van der Waals surface area contributed by atoms with Gasteiger partial charge in [-0.2, -0.15) is 0 Å². The van der Waals surface area contributed by atoms with Crippen LogP contribution in [-0.4, -0.2) is 7.05 Å².